The largest absolute Gasteiger partial charge is 0.356 e. The highest BCUT2D eigenvalue weighted by molar-refractivity contribution is 4.96. The van der Waals surface area contributed by atoms with Crippen molar-refractivity contribution >= 4 is 0 Å². The molecule has 22 heavy (non-hydrogen) atoms. The maximum atomic E-state index is 2.58. The Bertz CT molecular complexity index is 275. The van der Waals surface area contributed by atoms with Gasteiger partial charge in [-0.15, -0.1) is 0 Å². The predicted molar refractivity (Wildman–Crippen MR) is 98.8 cm³/mol. The number of hydrogen-bond acceptors (Lipinski definition) is 2. The van der Waals surface area contributed by atoms with E-state index in [4.69, 9.17) is 0 Å². The lowest BCUT2D eigenvalue weighted by Crippen LogP contribution is -2.38. The molecule has 0 fully saturated rings. The van der Waals surface area contributed by atoms with E-state index >= 15 is 0 Å². The Morgan fingerprint density at radius 2 is 1.00 bits per heavy atom. The van der Waals surface area contributed by atoms with Gasteiger partial charge in [0.05, 0.1) is 0 Å². The quantitative estimate of drug-likeness (QED) is 0.355. The van der Waals surface area contributed by atoms with Gasteiger partial charge in [0.25, 0.3) is 0 Å². The minimum absolute atomic E-state index is 0.627. The normalized spacial score (nSPS) is 17.7. The first-order valence-electron chi connectivity index (χ1n) is 10.0. The monoisotopic (exact) mass is 308 g/mol. The zero-order valence-corrected chi connectivity index (χ0v) is 15.5. The summed E-state index contributed by atoms with van der Waals surface area (Å²) in [5.41, 5.74) is 0. The Hall–Kier alpha value is -0.660. The van der Waals surface area contributed by atoms with Crippen LogP contribution in [0.4, 0.5) is 0 Å². The van der Waals surface area contributed by atoms with Crippen molar-refractivity contribution in [3.63, 3.8) is 0 Å². The third-order valence-corrected chi connectivity index (χ3v) is 4.87. The topological polar surface area (TPSA) is 6.48 Å². The molecule has 0 bridgehead atoms. The molecule has 0 aromatic rings. The molecule has 0 aliphatic carbocycles. The lowest BCUT2D eigenvalue weighted by molar-refractivity contribution is 0.144. The fourth-order valence-electron chi connectivity index (χ4n) is 3.45. The summed E-state index contributed by atoms with van der Waals surface area (Å²) < 4.78 is 0. The van der Waals surface area contributed by atoms with Crippen LogP contribution in [0, 0.1) is 0 Å². The molecule has 130 valence electrons. The van der Waals surface area contributed by atoms with Gasteiger partial charge in [0, 0.05) is 25.5 Å². The third-order valence-electron chi connectivity index (χ3n) is 4.87. The SMILES string of the molecule is CCCCCCCCN1C=CN(CCCCCCC)C1CC. The van der Waals surface area contributed by atoms with Crippen LogP contribution < -0.4 is 0 Å². The van der Waals surface area contributed by atoms with Gasteiger partial charge < -0.3 is 9.80 Å². The van der Waals surface area contributed by atoms with Crippen LogP contribution in [-0.4, -0.2) is 29.1 Å². The van der Waals surface area contributed by atoms with E-state index in [0.717, 1.165) is 0 Å². The second-order valence-corrected chi connectivity index (χ2v) is 6.84. The number of nitrogens with zero attached hydrogens (tertiary/aromatic N) is 2. The molecule has 1 aliphatic rings. The minimum atomic E-state index is 0.627. The van der Waals surface area contributed by atoms with Crippen molar-refractivity contribution in [2.45, 2.75) is 104 Å². The molecule has 0 aromatic carbocycles. The highest BCUT2D eigenvalue weighted by atomic mass is 15.4. The Balaban J connectivity index is 2.14. The van der Waals surface area contributed by atoms with Crippen molar-refractivity contribution in [3.8, 4) is 0 Å². The van der Waals surface area contributed by atoms with E-state index in [0.29, 0.717) is 6.17 Å². The minimum Gasteiger partial charge on any atom is -0.356 e. The van der Waals surface area contributed by atoms with E-state index in [1.165, 1.54) is 90.1 Å². The molecule has 1 unspecified atom stereocenters. The van der Waals surface area contributed by atoms with Crippen molar-refractivity contribution in [1.29, 1.82) is 0 Å². The average molecular weight is 309 g/mol. The van der Waals surface area contributed by atoms with Gasteiger partial charge in [-0.3, -0.25) is 0 Å². The van der Waals surface area contributed by atoms with Crippen LogP contribution in [0.25, 0.3) is 0 Å². The summed E-state index contributed by atoms with van der Waals surface area (Å²) in [5.74, 6) is 0. The van der Waals surface area contributed by atoms with Crippen molar-refractivity contribution < 1.29 is 0 Å². The Morgan fingerprint density at radius 1 is 0.591 bits per heavy atom. The van der Waals surface area contributed by atoms with Crippen LogP contribution in [0.2, 0.25) is 0 Å². The van der Waals surface area contributed by atoms with Gasteiger partial charge in [-0.25, -0.2) is 0 Å². The summed E-state index contributed by atoms with van der Waals surface area (Å²) >= 11 is 0. The van der Waals surface area contributed by atoms with Crippen LogP contribution >= 0.6 is 0 Å². The second kappa shape index (κ2) is 12.8. The molecule has 2 heteroatoms. The number of hydrogen-bond donors (Lipinski definition) is 0. The Labute approximate surface area is 139 Å². The van der Waals surface area contributed by atoms with E-state index in [1.807, 2.05) is 0 Å². The molecule has 1 atom stereocenters. The van der Waals surface area contributed by atoms with Gasteiger partial charge >= 0.3 is 0 Å². The van der Waals surface area contributed by atoms with Gasteiger partial charge in [0.15, 0.2) is 0 Å². The second-order valence-electron chi connectivity index (χ2n) is 6.84. The fourth-order valence-corrected chi connectivity index (χ4v) is 3.45. The molecule has 0 spiro atoms. The van der Waals surface area contributed by atoms with E-state index in [1.54, 1.807) is 0 Å². The zero-order chi connectivity index (χ0) is 16.0. The molecule has 1 rings (SSSR count). The van der Waals surface area contributed by atoms with E-state index in [-0.39, 0.29) is 0 Å². The molecule has 0 radical (unpaired) electrons. The van der Waals surface area contributed by atoms with Crippen LogP contribution in [0.5, 0.6) is 0 Å². The average Bonchev–Trinajstić information content (AvgIpc) is 2.92. The molecule has 2 nitrogen and oxygen atoms in total. The first-order chi connectivity index (χ1) is 10.8. The van der Waals surface area contributed by atoms with E-state index in [2.05, 4.69) is 43.0 Å². The Kier molecular flexibility index (Phi) is 11.3. The number of unbranched alkanes of at least 4 members (excludes halogenated alkanes) is 9. The Morgan fingerprint density at radius 3 is 1.41 bits per heavy atom. The summed E-state index contributed by atoms with van der Waals surface area (Å²) in [6.45, 7) is 9.39. The van der Waals surface area contributed by atoms with Crippen molar-refractivity contribution in [3.05, 3.63) is 12.4 Å². The van der Waals surface area contributed by atoms with Crippen LogP contribution in [0.1, 0.15) is 97.8 Å². The summed E-state index contributed by atoms with van der Waals surface area (Å²) in [7, 11) is 0. The van der Waals surface area contributed by atoms with E-state index in [9.17, 15) is 0 Å². The van der Waals surface area contributed by atoms with E-state index < -0.39 is 0 Å². The van der Waals surface area contributed by atoms with Crippen molar-refractivity contribution in [1.82, 2.24) is 9.80 Å². The molecule has 0 saturated carbocycles. The lowest BCUT2D eigenvalue weighted by Gasteiger charge is -2.32. The summed E-state index contributed by atoms with van der Waals surface area (Å²) in [4.78, 5) is 5.15. The highest BCUT2D eigenvalue weighted by Crippen LogP contribution is 2.20. The van der Waals surface area contributed by atoms with Gasteiger partial charge in [0.2, 0.25) is 0 Å². The molecule has 1 aliphatic heterocycles. The molecular weight excluding hydrogens is 268 g/mol. The maximum absolute atomic E-state index is 2.58. The molecule has 0 aromatic heterocycles. The van der Waals surface area contributed by atoms with Gasteiger partial charge in [0.1, 0.15) is 6.17 Å². The standard InChI is InChI=1S/C20H40N2/c1-4-7-9-11-13-15-17-22-19-18-21(20(22)6-3)16-14-12-10-8-5-2/h18-20H,4-17H2,1-3H3. The molecular formula is C20H40N2. The molecule has 0 saturated heterocycles. The molecule has 0 amide bonds. The van der Waals surface area contributed by atoms with Crippen LogP contribution in [0.15, 0.2) is 12.4 Å². The maximum Gasteiger partial charge on any atom is 0.100 e. The van der Waals surface area contributed by atoms with Gasteiger partial charge in [-0.1, -0.05) is 78.6 Å². The molecule has 0 N–H and O–H groups in total. The van der Waals surface area contributed by atoms with Crippen LogP contribution in [0.3, 0.4) is 0 Å². The first-order valence-corrected chi connectivity index (χ1v) is 10.0. The smallest absolute Gasteiger partial charge is 0.100 e. The molecule has 1 heterocycles. The third kappa shape index (κ3) is 7.56. The van der Waals surface area contributed by atoms with Gasteiger partial charge in [-0.2, -0.15) is 0 Å². The highest BCUT2D eigenvalue weighted by Gasteiger charge is 2.23. The zero-order valence-electron chi connectivity index (χ0n) is 15.5. The van der Waals surface area contributed by atoms with Gasteiger partial charge in [-0.05, 0) is 19.3 Å². The van der Waals surface area contributed by atoms with Crippen molar-refractivity contribution in [2.24, 2.45) is 0 Å². The fraction of sp³-hybridized carbons (Fsp3) is 0.900. The number of rotatable bonds is 14. The lowest BCUT2D eigenvalue weighted by atomic mass is 10.1. The summed E-state index contributed by atoms with van der Waals surface area (Å²) in [6, 6.07) is 0. The summed E-state index contributed by atoms with van der Waals surface area (Å²) in [6.07, 6.45) is 21.8. The first kappa shape index (κ1) is 19.4. The van der Waals surface area contributed by atoms with Crippen molar-refractivity contribution in [2.75, 3.05) is 13.1 Å². The predicted octanol–water partition coefficient (Wildman–Crippen LogP) is 6.14. The van der Waals surface area contributed by atoms with Crippen LogP contribution in [-0.2, 0) is 0 Å². The summed E-state index contributed by atoms with van der Waals surface area (Å²) in [5, 5.41) is 0.